The van der Waals surface area contributed by atoms with Crippen molar-refractivity contribution >= 4 is 45.8 Å². The number of piperazine rings is 1. The second kappa shape index (κ2) is 15.9. The maximum Gasteiger partial charge on any atom is 0.416 e. The molecule has 50 heavy (non-hydrogen) atoms. The summed E-state index contributed by atoms with van der Waals surface area (Å²) in [6.45, 7) is 13.2. The van der Waals surface area contributed by atoms with E-state index in [0.29, 0.717) is 73.5 Å². The fraction of sp³-hybridized carbons (Fsp3) is 0.500. The standard InChI is InChI=1S/C38H47Cl2F3N4O2S/c1-25(2)19-34(44-50(49)37(3,4)5)30-20-27(38(41,42)43)11-14-35(30)46-15-17-47(18-16-46)36(48)32-24-45(22-26-9-7-6-8-10-26)23-31(32)29-13-12-28(39)21-33(29)40/h6-14,20-21,25,31-32,34,44H,15-19,22-24H2,1-5H3/t31?,32-,34?,50?/m1/s1. The first-order chi connectivity index (χ1) is 23.5. The highest BCUT2D eigenvalue weighted by atomic mass is 35.5. The minimum absolute atomic E-state index is 0.0452. The minimum Gasteiger partial charge on any atom is -0.368 e. The molecule has 272 valence electrons. The average molecular weight is 752 g/mol. The number of amides is 1. The van der Waals surface area contributed by atoms with Gasteiger partial charge in [0.05, 0.1) is 27.2 Å². The van der Waals surface area contributed by atoms with Gasteiger partial charge >= 0.3 is 6.18 Å². The van der Waals surface area contributed by atoms with Gasteiger partial charge in [0.25, 0.3) is 0 Å². The van der Waals surface area contributed by atoms with Gasteiger partial charge in [-0.05, 0) is 80.1 Å². The van der Waals surface area contributed by atoms with Crippen LogP contribution in [0.4, 0.5) is 18.9 Å². The molecule has 12 heteroatoms. The molecule has 2 fully saturated rings. The normalized spacial score (nSPS) is 20.4. The Hall–Kier alpha value is -2.63. The molecule has 0 spiro atoms. The van der Waals surface area contributed by atoms with E-state index in [-0.39, 0.29) is 23.7 Å². The minimum atomic E-state index is -4.52. The third-order valence-electron chi connectivity index (χ3n) is 9.50. The van der Waals surface area contributed by atoms with E-state index in [0.717, 1.165) is 11.6 Å². The Morgan fingerprint density at radius 1 is 0.940 bits per heavy atom. The Balaban J connectivity index is 1.38. The van der Waals surface area contributed by atoms with Gasteiger partial charge in [-0.3, -0.25) is 9.69 Å². The lowest BCUT2D eigenvalue weighted by Gasteiger charge is -2.39. The highest BCUT2D eigenvalue weighted by molar-refractivity contribution is 7.84. The summed E-state index contributed by atoms with van der Waals surface area (Å²) in [6.07, 6.45) is -4.02. The highest BCUT2D eigenvalue weighted by Gasteiger charge is 2.42. The molecule has 2 aliphatic heterocycles. The lowest BCUT2D eigenvalue weighted by molar-refractivity contribution is -0.138. The molecule has 2 heterocycles. The zero-order valence-corrected chi connectivity index (χ0v) is 31.6. The number of hydrogen-bond acceptors (Lipinski definition) is 4. The number of nitrogens with one attached hydrogen (secondary N) is 1. The summed E-state index contributed by atoms with van der Waals surface area (Å²) in [6, 6.07) is 18.9. The smallest absolute Gasteiger partial charge is 0.368 e. The lowest BCUT2D eigenvalue weighted by atomic mass is 9.87. The van der Waals surface area contributed by atoms with E-state index in [2.05, 4.69) is 26.7 Å². The van der Waals surface area contributed by atoms with E-state index in [1.165, 1.54) is 17.7 Å². The number of carbonyl (C=O) groups is 1. The van der Waals surface area contributed by atoms with Crippen LogP contribution in [0.3, 0.4) is 0 Å². The fourth-order valence-corrected chi connectivity index (χ4v) is 8.32. The van der Waals surface area contributed by atoms with Gasteiger partial charge < -0.3 is 9.80 Å². The number of carbonyl (C=O) groups excluding carboxylic acids is 1. The van der Waals surface area contributed by atoms with Crippen LogP contribution in [0.2, 0.25) is 10.0 Å². The first kappa shape index (κ1) is 38.6. The molecule has 0 radical (unpaired) electrons. The molecule has 4 atom stereocenters. The van der Waals surface area contributed by atoms with Crippen molar-refractivity contribution in [3.63, 3.8) is 0 Å². The molecule has 0 aromatic heterocycles. The van der Waals surface area contributed by atoms with Crippen molar-refractivity contribution in [3.8, 4) is 0 Å². The first-order valence-electron chi connectivity index (χ1n) is 17.2. The number of rotatable bonds is 10. The largest absolute Gasteiger partial charge is 0.416 e. The molecule has 1 amide bonds. The van der Waals surface area contributed by atoms with Gasteiger partial charge in [0.1, 0.15) is 0 Å². The van der Waals surface area contributed by atoms with Crippen LogP contribution in [-0.4, -0.2) is 63.9 Å². The van der Waals surface area contributed by atoms with E-state index in [4.69, 9.17) is 23.2 Å². The van der Waals surface area contributed by atoms with E-state index in [9.17, 15) is 22.2 Å². The van der Waals surface area contributed by atoms with Crippen LogP contribution in [-0.2, 0) is 28.5 Å². The maximum absolute atomic E-state index is 14.3. The Kier molecular flexibility index (Phi) is 12.3. The number of anilines is 1. The number of benzene rings is 3. The van der Waals surface area contributed by atoms with Crippen molar-refractivity contribution in [2.75, 3.05) is 44.2 Å². The van der Waals surface area contributed by atoms with Crippen LogP contribution >= 0.6 is 23.2 Å². The van der Waals surface area contributed by atoms with Crippen molar-refractivity contribution in [2.24, 2.45) is 11.8 Å². The number of alkyl halides is 3. The van der Waals surface area contributed by atoms with Crippen molar-refractivity contribution in [1.29, 1.82) is 0 Å². The van der Waals surface area contributed by atoms with Crippen molar-refractivity contribution in [1.82, 2.24) is 14.5 Å². The fourth-order valence-electron chi connectivity index (χ4n) is 6.94. The Morgan fingerprint density at radius 3 is 2.22 bits per heavy atom. The Bertz CT molecular complexity index is 1660. The SMILES string of the molecule is CC(C)CC(NS(=O)C(C)(C)C)c1cc(C(F)(F)F)ccc1N1CCN(C(=O)[C@@H]2CN(Cc3ccccc3)CC2c2ccc(Cl)cc2Cl)CC1. The summed E-state index contributed by atoms with van der Waals surface area (Å²) in [7, 11) is -1.50. The van der Waals surface area contributed by atoms with Crippen LogP contribution in [0, 0.1) is 11.8 Å². The van der Waals surface area contributed by atoms with Gasteiger partial charge in [-0.15, -0.1) is 0 Å². The third-order valence-corrected chi connectivity index (χ3v) is 11.7. The molecule has 6 nitrogen and oxygen atoms in total. The number of nitrogens with zero attached hydrogens (tertiary/aromatic N) is 3. The second-order valence-electron chi connectivity index (χ2n) is 14.8. The number of halogens is 5. The van der Waals surface area contributed by atoms with Crippen LogP contribution in [0.25, 0.3) is 0 Å². The van der Waals surface area contributed by atoms with Crippen molar-refractivity contribution in [2.45, 2.75) is 70.5 Å². The molecule has 3 unspecified atom stereocenters. The van der Waals surface area contributed by atoms with E-state index < -0.39 is 33.5 Å². The molecular formula is C38H47Cl2F3N4O2S. The average Bonchev–Trinajstić information content (AvgIpc) is 3.46. The number of likely N-dealkylation sites (tertiary alicyclic amines) is 1. The zero-order valence-electron chi connectivity index (χ0n) is 29.3. The zero-order chi connectivity index (χ0) is 36.4. The Morgan fingerprint density at radius 2 is 1.62 bits per heavy atom. The van der Waals surface area contributed by atoms with Gasteiger partial charge in [-0.1, -0.05) is 73.4 Å². The predicted octanol–water partition coefficient (Wildman–Crippen LogP) is 8.72. The molecule has 2 saturated heterocycles. The van der Waals surface area contributed by atoms with Gasteiger partial charge in [0.2, 0.25) is 5.91 Å². The molecule has 0 saturated carbocycles. The van der Waals surface area contributed by atoms with Crippen LogP contribution in [0.15, 0.2) is 66.7 Å². The quantitative estimate of drug-likeness (QED) is 0.225. The predicted molar refractivity (Wildman–Crippen MR) is 198 cm³/mol. The van der Waals surface area contributed by atoms with E-state index in [1.54, 1.807) is 6.07 Å². The van der Waals surface area contributed by atoms with Gasteiger partial charge in [0.15, 0.2) is 0 Å². The molecule has 0 bridgehead atoms. The summed E-state index contributed by atoms with van der Waals surface area (Å²) in [5.41, 5.74) is 2.45. The molecule has 0 aliphatic carbocycles. The molecule has 3 aromatic rings. The van der Waals surface area contributed by atoms with Crippen LogP contribution < -0.4 is 9.62 Å². The van der Waals surface area contributed by atoms with Crippen LogP contribution in [0.1, 0.15) is 75.3 Å². The van der Waals surface area contributed by atoms with Gasteiger partial charge in [-0.25, -0.2) is 8.93 Å². The molecule has 2 aliphatic rings. The number of hydrogen-bond donors (Lipinski definition) is 1. The third kappa shape index (κ3) is 9.42. The van der Waals surface area contributed by atoms with Crippen LogP contribution in [0.5, 0.6) is 0 Å². The summed E-state index contributed by atoms with van der Waals surface area (Å²) in [5, 5.41) is 1.08. The molecule has 3 aromatic carbocycles. The maximum atomic E-state index is 14.3. The van der Waals surface area contributed by atoms with E-state index in [1.807, 2.05) is 69.9 Å². The molecule has 1 N–H and O–H groups in total. The summed E-state index contributed by atoms with van der Waals surface area (Å²) in [4.78, 5) is 20.5. The summed E-state index contributed by atoms with van der Waals surface area (Å²) in [5.74, 6) is -0.264. The lowest BCUT2D eigenvalue weighted by Crippen LogP contribution is -2.51. The Labute approximate surface area is 306 Å². The second-order valence-corrected chi connectivity index (χ2v) is 17.7. The van der Waals surface area contributed by atoms with E-state index >= 15 is 0 Å². The topological polar surface area (TPSA) is 55.9 Å². The highest BCUT2D eigenvalue weighted by Crippen LogP contribution is 2.41. The first-order valence-corrected chi connectivity index (χ1v) is 19.1. The summed E-state index contributed by atoms with van der Waals surface area (Å²) < 4.78 is 57.8. The molecular weight excluding hydrogens is 704 g/mol. The van der Waals surface area contributed by atoms with Gasteiger partial charge in [-0.2, -0.15) is 13.2 Å². The monoisotopic (exact) mass is 750 g/mol. The van der Waals surface area contributed by atoms with Crippen molar-refractivity contribution in [3.05, 3.63) is 99.0 Å². The van der Waals surface area contributed by atoms with Crippen molar-refractivity contribution < 1.29 is 22.2 Å². The molecule has 5 rings (SSSR count). The summed E-state index contributed by atoms with van der Waals surface area (Å²) >= 11 is 12.9. The van der Waals surface area contributed by atoms with Gasteiger partial charge in [0, 0.05) is 73.5 Å².